The Kier molecular flexibility index (Phi) is 5.04. The van der Waals surface area contributed by atoms with Gasteiger partial charge in [0.2, 0.25) is 0 Å². The summed E-state index contributed by atoms with van der Waals surface area (Å²) in [6.45, 7) is 2.08. The van der Waals surface area contributed by atoms with Gasteiger partial charge in [0, 0.05) is 30.0 Å². The maximum Gasteiger partial charge on any atom is 0.267 e. The minimum Gasteiger partial charge on any atom is -0.321 e. The molecule has 0 aliphatic heterocycles. The topological polar surface area (TPSA) is 56.6 Å². The molecule has 0 saturated heterocycles. The maximum absolute atomic E-state index is 12.4. The number of nitrogens with zero attached hydrogens (tertiary/aromatic N) is 1. The molecule has 0 fully saturated rings. The van der Waals surface area contributed by atoms with Crippen LogP contribution in [-0.4, -0.2) is 4.98 Å². The van der Waals surface area contributed by atoms with E-state index in [1.807, 2.05) is 42.5 Å². The first-order valence-electron chi connectivity index (χ1n) is 7.25. The Morgan fingerprint density at radius 3 is 2.50 bits per heavy atom. The van der Waals surface area contributed by atoms with E-state index in [-0.39, 0.29) is 11.1 Å². The molecule has 0 atom stereocenters. The molecule has 0 radical (unpaired) electrons. The SMILES string of the molecule is CCc1sc(-c2cc(-c3ccc(Br)cc3)[nH]c(=O)c2C#N)cc1Br. The fourth-order valence-electron chi connectivity index (χ4n) is 2.43. The molecule has 0 amide bonds. The van der Waals surface area contributed by atoms with Crippen LogP contribution in [0.3, 0.4) is 0 Å². The molecule has 0 bridgehead atoms. The predicted octanol–water partition coefficient (Wildman–Crippen LogP) is 5.73. The standard InChI is InChI=1S/C18H12Br2N2OS/c1-2-16-14(20)8-17(24-16)12-7-15(22-18(23)13(12)9-21)10-3-5-11(19)6-4-10/h3-8H,2H2,1H3,(H,22,23). The summed E-state index contributed by atoms with van der Waals surface area (Å²) < 4.78 is 1.98. The molecule has 0 unspecified atom stereocenters. The van der Waals surface area contributed by atoms with Crippen molar-refractivity contribution in [3.05, 3.63) is 66.1 Å². The van der Waals surface area contributed by atoms with Gasteiger partial charge < -0.3 is 4.98 Å². The van der Waals surface area contributed by atoms with Gasteiger partial charge in [0.05, 0.1) is 0 Å². The average Bonchev–Trinajstić information content (AvgIpc) is 2.95. The molecule has 2 aromatic heterocycles. The van der Waals surface area contributed by atoms with Crippen LogP contribution in [0.4, 0.5) is 0 Å². The van der Waals surface area contributed by atoms with Crippen molar-refractivity contribution in [2.45, 2.75) is 13.3 Å². The van der Waals surface area contributed by atoms with Crippen molar-refractivity contribution in [3.63, 3.8) is 0 Å². The monoisotopic (exact) mass is 462 g/mol. The van der Waals surface area contributed by atoms with Gasteiger partial charge in [-0.05, 0) is 52.2 Å². The van der Waals surface area contributed by atoms with Crippen molar-refractivity contribution < 1.29 is 0 Å². The average molecular weight is 464 g/mol. The lowest BCUT2D eigenvalue weighted by Gasteiger charge is -2.06. The number of hydrogen-bond acceptors (Lipinski definition) is 3. The summed E-state index contributed by atoms with van der Waals surface area (Å²) in [5.74, 6) is 0. The third-order valence-corrected chi connectivity index (χ3v) is 6.46. The molecule has 0 saturated carbocycles. The highest BCUT2D eigenvalue weighted by atomic mass is 79.9. The van der Waals surface area contributed by atoms with Gasteiger partial charge in [0.15, 0.2) is 0 Å². The first kappa shape index (κ1) is 17.2. The molecular formula is C18H12Br2N2OS. The Labute approximate surface area is 160 Å². The van der Waals surface area contributed by atoms with Gasteiger partial charge in [-0.1, -0.05) is 35.0 Å². The second kappa shape index (κ2) is 7.06. The van der Waals surface area contributed by atoms with Crippen LogP contribution in [0.15, 0.2) is 50.1 Å². The number of hydrogen-bond donors (Lipinski definition) is 1. The van der Waals surface area contributed by atoms with E-state index < -0.39 is 0 Å². The highest BCUT2D eigenvalue weighted by Crippen LogP contribution is 2.37. The maximum atomic E-state index is 12.4. The van der Waals surface area contributed by atoms with Crippen LogP contribution in [-0.2, 0) is 6.42 Å². The van der Waals surface area contributed by atoms with Gasteiger partial charge in [-0.15, -0.1) is 11.3 Å². The molecule has 1 aromatic carbocycles. The van der Waals surface area contributed by atoms with Crippen LogP contribution in [0.25, 0.3) is 21.7 Å². The molecule has 0 spiro atoms. The van der Waals surface area contributed by atoms with E-state index in [1.165, 1.54) is 4.88 Å². The smallest absolute Gasteiger partial charge is 0.267 e. The van der Waals surface area contributed by atoms with Gasteiger partial charge in [-0.3, -0.25) is 4.79 Å². The number of thiophene rings is 1. The Balaban J connectivity index is 2.22. The number of benzene rings is 1. The predicted molar refractivity (Wildman–Crippen MR) is 105 cm³/mol. The highest BCUT2D eigenvalue weighted by molar-refractivity contribution is 9.10. The van der Waals surface area contributed by atoms with Gasteiger partial charge in [0.25, 0.3) is 5.56 Å². The van der Waals surface area contributed by atoms with Crippen LogP contribution in [0.2, 0.25) is 0 Å². The van der Waals surface area contributed by atoms with Crippen LogP contribution in [0.5, 0.6) is 0 Å². The zero-order chi connectivity index (χ0) is 17.3. The number of aryl methyl sites for hydroxylation is 1. The molecule has 6 heteroatoms. The number of halogens is 2. The fraction of sp³-hybridized carbons (Fsp3) is 0.111. The van der Waals surface area contributed by atoms with Crippen molar-refractivity contribution in [1.29, 1.82) is 5.26 Å². The molecule has 2 heterocycles. The summed E-state index contributed by atoms with van der Waals surface area (Å²) in [5.41, 5.74) is 2.05. The molecule has 3 nitrogen and oxygen atoms in total. The second-order valence-electron chi connectivity index (χ2n) is 5.15. The van der Waals surface area contributed by atoms with Crippen molar-refractivity contribution in [2.75, 3.05) is 0 Å². The second-order valence-corrected chi connectivity index (χ2v) is 8.06. The molecule has 3 aromatic rings. The largest absolute Gasteiger partial charge is 0.321 e. The summed E-state index contributed by atoms with van der Waals surface area (Å²) >= 11 is 8.55. The molecule has 0 aliphatic carbocycles. The minimum atomic E-state index is -0.365. The molecule has 0 aliphatic rings. The zero-order valence-electron chi connectivity index (χ0n) is 12.7. The lowest BCUT2D eigenvalue weighted by Crippen LogP contribution is -2.12. The van der Waals surface area contributed by atoms with Crippen molar-refractivity contribution in [1.82, 2.24) is 4.98 Å². The number of aromatic amines is 1. The quantitative estimate of drug-likeness (QED) is 0.539. The van der Waals surface area contributed by atoms with Gasteiger partial charge >= 0.3 is 0 Å². The highest BCUT2D eigenvalue weighted by Gasteiger charge is 2.16. The summed E-state index contributed by atoms with van der Waals surface area (Å²) in [7, 11) is 0. The lowest BCUT2D eigenvalue weighted by molar-refractivity contribution is 1.18. The third-order valence-electron chi connectivity index (χ3n) is 3.64. The number of aromatic nitrogens is 1. The van der Waals surface area contributed by atoms with Crippen LogP contribution >= 0.6 is 43.2 Å². The van der Waals surface area contributed by atoms with E-state index in [4.69, 9.17) is 0 Å². The van der Waals surface area contributed by atoms with E-state index in [1.54, 1.807) is 11.3 Å². The number of nitrogens with one attached hydrogen (secondary N) is 1. The molecule has 120 valence electrons. The van der Waals surface area contributed by atoms with Gasteiger partial charge in [-0.2, -0.15) is 5.26 Å². The number of pyridine rings is 1. The van der Waals surface area contributed by atoms with Gasteiger partial charge in [0.1, 0.15) is 11.6 Å². The molecule has 24 heavy (non-hydrogen) atoms. The minimum absolute atomic E-state index is 0.146. The van der Waals surface area contributed by atoms with Crippen molar-refractivity contribution in [2.24, 2.45) is 0 Å². The summed E-state index contributed by atoms with van der Waals surface area (Å²) in [5, 5.41) is 9.41. The summed E-state index contributed by atoms with van der Waals surface area (Å²) in [6.07, 6.45) is 0.899. The normalized spacial score (nSPS) is 10.6. The molecule has 1 N–H and O–H groups in total. The van der Waals surface area contributed by atoms with E-state index >= 15 is 0 Å². The van der Waals surface area contributed by atoms with E-state index in [2.05, 4.69) is 43.8 Å². The Hall–Kier alpha value is -1.68. The van der Waals surface area contributed by atoms with Crippen LogP contribution in [0.1, 0.15) is 17.4 Å². The summed E-state index contributed by atoms with van der Waals surface area (Å²) in [6, 6.07) is 13.6. The Morgan fingerprint density at radius 1 is 1.21 bits per heavy atom. The number of rotatable bonds is 3. The van der Waals surface area contributed by atoms with E-state index in [0.29, 0.717) is 11.3 Å². The van der Waals surface area contributed by atoms with Crippen LogP contribution in [0, 0.1) is 11.3 Å². The Bertz CT molecular complexity index is 997. The first-order chi connectivity index (χ1) is 11.5. The van der Waals surface area contributed by atoms with Crippen LogP contribution < -0.4 is 5.56 Å². The number of nitriles is 1. The zero-order valence-corrected chi connectivity index (χ0v) is 16.7. The van der Waals surface area contributed by atoms with E-state index in [0.717, 1.165) is 25.8 Å². The fourth-order valence-corrected chi connectivity index (χ4v) is 4.61. The summed E-state index contributed by atoms with van der Waals surface area (Å²) in [4.78, 5) is 17.3. The first-order valence-corrected chi connectivity index (χ1v) is 9.65. The van der Waals surface area contributed by atoms with E-state index in [9.17, 15) is 10.1 Å². The van der Waals surface area contributed by atoms with Gasteiger partial charge in [-0.25, -0.2) is 0 Å². The number of H-pyrrole nitrogens is 1. The van der Waals surface area contributed by atoms with Crippen molar-refractivity contribution in [3.8, 4) is 27.8 Å². The van der Waals surface area contributed by atoms with Crippen molar-refractivity contribution >= 4 is 43.2 Å². The lowest BCUT2D eigenvalue weighted by atomic mass is 10.0. The molecule has 3 rings (SSSR count). The molecular weight excluding hydrogens is 452 g/mol. The Morgan fingerprint density at radius 2 is 1.92 bits per heavy atom. The third kappa shape index (κ3) is 3.25.